The highest BCUT2D eigenvalue weighted by molar-refractivity contribution is 5.85. The molecule has 368 valence electrons. The van der Waals surface area contributed by atoms with Gasteiger partial charge in [0.05, 0.1) is 0 Å². The number of alkyl halides is 12. The first kappa shape index (κ1) is 54.9. The lowest BCUT2D eigenvalue weighted by molar-refractivity contribution is -0.309. The van der Waals surface area contributed by atoms with E-state index < -0.39 is 66.1 Å². The lowest BCUT2D eigenvalue weighted by Crippen LogP contribution is -2.52. The van der Waals surface area contributed by atoms with Gasteiger partial charge in [0, 0.05) is 102 Å². The standard InChI is InChI=1S/C20H22F6N2O5.C16H22N2O3.C3H2F6O.ClH/c1-12-2-3-13(14(10-12)33-18(4-5-18)16(29)30)11-27-6-8-28(9-7-27)17(31)32-15(19(21,22)23)20(24,25)26;1-12-2-3-13(11-18-8-6-17-7-9-18)14(10-12)21-16(4-5-16)15(19)20;4-2(5,6)1(10)3(7,8)9;/h2-3,10,15H,4-9,11H2,1H3,(H,29,30);2-3,10,17H,4-9,11H2,1H3,(H,19,20);1,10H;1H. The van der Waals surface area contributed by atoms with E-state index in [9.17, 15) is 77.3 Å². The summed E-state index contributed by atoms with van der Waals surface area (Å²) < 4.78 is 157. The van der Waals surface area contributed by atoms with E-state index in [1.165, 1.54) is 0 Å². The van der Waals surface area contributed by atoms with Crippen molar-refractivity contribution in [1.29, 1.82) is 0 Å². The van der Waals surface area contributed by atoms with Crippen LogP contribution in [-0.4, -0.2) is 149 Å². The number of rotatable bonds is 11. The van der Waals surface area contributed by atoms with Gasteiger partial charge >= 0.3 is 42.7 Å². The highest BCUT2D eigenvalue weighted by Crippen LogP contribution is 2.43. The molecule has 4 fully saturated rings. The van der Waals surface area contributed by atoms with Crippen LogP contribution >= 0.6 is 12.4 Å². The molecule has 0 bridgehead atoms. The van der Waals surface area contributed by atoms with Crippen LogP contribution in [0.25, 0.3) is 0 Å². The number of hydrogen-bond donors (Lipinski definition) is 4. The molecule has 0 aromatic heterocycles. The summed E-state index contributed by atoms with van der Waals surface area (Å²) in [7, 11) is 0. The Bertz CT molecular complexity index is 1900. The van der Waals surface area contributed by atoms with E-state index >= 15 is 0 Å². The van der Waals surface area contributed by atoms with Crippen LogP contribution in [-0.2, 0) is 27.4 Å². The lowest BCUT2D eigenvalue weighted by Gasteiger charge is -2.35. The fourth-order valence-corrected chi connectivity index (χ4v) is 6.26. The predicted molar refractivity (Wildman–Crippen MR) is 206 cm³/mol. The van der Waals surface area contributed by atoms with Gasteiger partial charge in [-0.3, -0.25) is 9.80 Å². The molecule has 65 heavy (non-hydrogen) atoms. The number of carboxylic acids is 2. The third-order valence-electron chi connectivity index (χ3n) is 10.3. The number of nitrogens with one attached hydrogen (secondary N) is 1. The van der Waals surface area contributed by atoms with Crippen molar-refractivity contribution in [3.05, 3.63) is 58.7 Å². The maximum atomic E-state index is 12.6. The molecule has 6 rings (SSSR count). The number of nitrogens with zero attached hydrogens (tertiary/aromatic N) is 3. The molecule has 0 atom stereocenters. The van der Waals surface area contributed by atoms with Crippen molar-refractivity contribution in [2.45, 2.75) is 101 Å². The third-order valence-corrected chi connectivity index (χ3v) is 10.3. The number of benzene rings is 2. The Kier molecular flexibility index (Phi) is 18.1. The van der Waals surface area contributed by atoms with Crippen molar-refractivity contribution in [3.63, 3.8) is 0 Å². The Morgan fingerprint density at radius 2 is 1.00 bits per heavy atom. The van der Waals surface area contributed by atoms with Crippen molar-refractivity contribution in [2.24, 2.45) is 0 Å². The Morgan fingerprint density at radius 3 is 1.31 bits per heavy atom. The van der Waals surface area contributed by atoms with Crippen LogP contribution in [0.3, 0.4) is 0 Å². The number of amides is 1. The quantitative estimate of drug-likeness (QED) is 0.171. The molecular formula is C39H47ClF12N4O9. The van der Waals surface area contributed by atoms with Gasteiger partial charge in [-0.1, -0.05) is 24.3 Å². The fourth-order valence-electron chi connectivity index (χ4n) is 6.26. The fraction of sp³-hybridized carbons (Fsp3) is 0.615. The molecule has 2 heterocycles. The molecule has 0 radical (unpaired) electrons. The van der Waals surface area contributed by atoms with Crippen LogP contribution < -0.4 is 14.8 Å². The molecule has 2 aliphatic heterocycles. The summed E-state index contributed by atoms with van der Waals surface area (Å²) in [5.74, 6) is -0.779. The molecule has 1 amide bonds. The largest absolute Gasteiger partial charge is 0.478 e. The summed E-state index contributed by atoms with van der Waals surface area (Å²) >= 11 is 0. The average molecular weight is 979 g/mol. The zero-order valence-electron chi connectivity index (χ0n) is 34.6. The first-order valence-corrected chi connectivity index (χ1v) is 19.6. The predicted octanol–water partition coefficient (Wildman–Crippen LogP) is 7.03. The smallest absolute Gasteiger partial charge is 0.434 e. The van der Waals surface area contributed by atoms with Crippen LogP contribution in [0.15, 0.2) is 36.4 Å². The number of piperazine rings is 2. The summed E-state index contributed by atoms with van der Waals surface area (Å²) in [5.41, 5.74) is 1.47. The van der Waals surface area contributed by atoms with Crippen molar-refractivity contribution in [3.8, 4) is 11.5 Å². The van der Waals surface area contributed by atoms with E-state index in [1.54, 1.807) is 12.1 Å². The number of aliphatic carboxylic acids is 2. The molecule has 26 heteroatoms. The number of halogens is 13. The maximum Gasteiger partial charge on any atom is 0.434 e. The monoisotopic (exact) mass is 978 g/mol. The maximum absolute atomic E-state index is 12.6. The molecule has 0 unspecified atom stereocenters. The number of aliphatic hydroxyl groups is 1. The third kappa shape index (κ3) is 15.8. The number of hydrogen-bond acceptors (Lipinski definition) is 10. The van der Waals surface area contributed by atoms with Crippen LogP contribution in [0.2, 0.25) is 0 Å². The average Bonchev–Trinajstić information content (AvgIpc) is 4.13. The number of carboxylic acid groups (broad SMARTS) is 2. The number of carbonyl (C=O) groups excluding carboxylic acids is 1. The zero-order chi connectivity index (χ0) is 48.1. The highest BCUT2D eigenvalue weighted by atomic mass is 35.5. The van der Waals surface area contributed by atoms with Gasteiger partial charge in [-0.25, -0.2) is 14.4 Å². The second kappa shape index (κ2) is 21.4. The van der Waals surface area contributed by atoms with E-state index in [1.807, 2.05) is 30.9 Å². The van der Waals surface area contributed by atoms with Crippen LogP contribution in [0.5, 0.6) is 11.5 Å². The summed E-state index contributed by atoms with van der Waals surface area (Å²) in [6, 6.07) is 11.4. The van der Waals surface area contributed by atoms with E-state index in [0.29, 0.717) is 43.5 Å². The highest BCUT2D eigenvalue weighted by Gasteiger charge is 2.60. The molecule has 2 saturated heterocycles. The number of ether oxygens (including phenoxy) is 3. The van der Waals surface area contributed by atoms with Crippen molar-refractivity contribution < 1.29 is 96.6 Å². The SMILES string of the molecule is Cc1ccc(CN2CCN(C(=O)OC(C(F)(F)F)C(F)(F)F)CC2)c(OC2(C(=O)O)CC2)c1.Cc1ccc(CN2CCNCC2)c(OC2(C(=O)O)CC2)c1.Cl.OC(C(F)(F)F)C(F)(F)F. The second-order valence-corrected chi connectivity index (χ2v) is 15.6. The van der Waals surface area contributed by atoms with Gasteiger partial charge in [-0.05, 0) is 37.1 Å². The normalized spacial score (nSPS) is 18.6. The number of aryl methyl sites for hydroxylation is 2. The number of aliphatic hydroxyl groups excluding tert-OH is 1. The number of carbonyl (C=O) groups is 3. The van der Waals surface area contributed by atoms with Crippen molar-refractivity contribution in [1.82, 2.24) is 20.0 Å². The molecule has 2 aliphatic carbocycles. The summed E-state index contributed by atoms with van der Waals surface area (Å²) in [5, 5.41) is 29.5. The summed E-state index contributed by atoms with van der Waals surface area (Å²) in [6.45, 7) is 9.00. The molecule has 2 aromatic carbocycles. The van der Waals surface area contributed by atoms with Crippen LogP contribution in [0, 0.1) is 13.8 Å². The minimum absolute atomic E-state index is 0. The first-order valence-electron chi connectivity index (χ1n) is 19.6. The van der Waals surface area contributed by atoms with Gasteiger partial charge in [0.1, 0.15) is 11.5 Å². The zero-order valence-corrected chi connectivity index (χ0v) is 35.4. The van der Waals surface area contributed by atoms with Crippen LogP contribution in [0.1, 0.15) is 47.9 Å². The van der Waals surface area contributed by atoms with E-state index in [0.717, 1.165) is 60.1 Å². The molecule has 0 spiro atoms. The van der Waals surface area contributed by atoms with Gasteiger partial charge in [-0.2, -0.15) is 52.7 Å². The molecule has 2 aromatic rings. The van der Waals surface area contributed by atoms with E-state index in [2.05, 4.69) is 27.1 Å². The van der Waals surface area contributed by atoms with Crippen LogP contribution in [0.4, 0.5) is 57.5 Å². The van der Waals surface area contributed by atoms with Crippen molar-refractivity contribution in [2.75, 3.05) is 52.4 Å². The lowest BCUT2D eigenvalue weighted by atomic mass is 10.1. The molecule has 4 N–H and O–H groups in total. The first-order chi connectivity index (χ1) is 29.5. The van der Waals surface area contributed by atoms with Gasteiger partial charge in [0.25, 0.3) is 6.10 Å². The Labute approximate surface area is 370 Å². The van der Waals surface area contributed by atoms with Gasteiger partial charge in [0.15, 0.2) is 0 Å². The molecule has 2 saturated carbocycles. The van der Waals surface area contributed by atoms with Gasteiger partial charge in [-0.15, -0.1) is 12.4 Å². The topological polar surface area (TPSA) is 161 Å². The Balaban J connectivity index is 0.000000298. The van der Waals surface area contributed by atoms with E-state index in [-0.39, 0.29) is 38.6 Å². The Morgan fingerprint density at radius 1 is 0.631 bits per heavy atom. The van der Waals surface area contributed by atoms with Crippen molar-refractivity contribution >= 4 is 30.4 Å². The summed E-state index contributed by atoms with van der Waals surface area (Å²) in [4.78, 5) is 39.7. The van der Waals surface area contributed by atoms with Gasteiger partial charge < -0.3 is 39.7 Å². The minimum Gasteiger partial charge on any atom is -0.478 e. The van der Waals surface area contributed by atoms with E-state index in [4.69, 9.17) is 14.6 Å². The molecule has 13 nitrogen and oxygen atoms in total. The Hall–Kier alpha value is -4.46. The summed E-state index contributed by atoms with van der Waals surface area (Å²) in [6.07, 6.45) is -30.9. The van der Waals surface area contributed by atoms with Gasteiger partial charge in [0.2, 0.25) is 17.3 Å². The second-order valence-electron chi connectivity index (χ2n) is 15.6. The molecule has 4 aliphatic rings. The minimum atomic E-state index is -5.77. The molecular weight excluding hydrogens is 932 g/mol.